The fourth-order valence-electron chi connectivity index (χ4n) is 2.42. The van der Waals surface area contributed by atoms with Gasteiger partial charge >= 0.3 is 5.97 Å². The molecule has 0 atom stereocenters. The molecule has 0 aliphatic rings. The van der Waals surface area contributed by atoms with Crippen molar-refractivity contribution in [3.8, 4) is 11.5 Å². The van der Waals surface area contributed by atoms with Crippen molar-refractivity contribution in [2.75, 3.05) is 11.9 Å². The van der Waals surface area contributed by atoms with Crippen molar-refractivity contribution in [2.24, 2.45) is 0 Å². The third kappa shape index (κ3) is 6.07. The van der Waals surface area contributed by atoms with E-state index in [4.69, 9.17) is 21.1 Å². The van der Waals surface area contributed by atoms with Crippen molar-refractivity contribution < 1.29 is 19.1 Å². The molecule has 0 aliphatic carbocycles. The number of aryl methyl sites for hydroxylation is 1. The van der Waals surface area contributed by atoms with Gasteiger partial charge in [0.2, 0.25) is 0 Å². The first-order valence-electron chi connectivity index (χ1n) is 8.67. The summed E-state index contributed by atoms with van der Waals surface area (Å²) in [5.74, 6) is 0.0913. The first-order valence-corrected chi connectivity index (χ1v) is 9.84. The van der Waals surface area contributed by atoms with E-state index >= 15 is 0 Å². The average molecular weight is 475 g/mol. The predicted molar refractivity (Wildman–Crippen MR) is 116 cm³/mol. The first kappa shape index (κ1) is 20.9. The Labute approximate surface area is 181 Å². The highest BCUT2D eigenvalue weighted by atomic mass is 79.9. The number of hydrogen-bond donors (Lipinski definition) is 1. The Hall–Kier alpha value is -2.83. The number of halogens is 2. The second kappa shape index (κ2) is 9.58. The maximum Gasteiger partial charge on any atom is 0.349 e. The molecule has 5 nitrogen and oxygen atoms in total. The molecule has 0 bridgehead atoms. The SMILES string of the molecule is Cc1cc(OCC(=O)Oc2ccc(C(=O)Nc3ccc(Cl)cc3)cc2)ccc1Br. The topological polar surface area (TPSA) is 64.6 Å². The molecule has 0 spiro atoms. The van der Waals surface area contributed by atoms with E-state index < -0.39 is 5.97 Å². The number of carbonyl (C=O) groups is 2. The molecule has 0 fully saturated rings. The minimum atomic E-state index is -0.538. The van der Waals surface area contributed by atoms with Crippen molar-refractivity contribution in [1.82, 2.24) is 0 Å². The molecule has 0 aliphatic heterocycles. The van der Waals surface area contributed by atoms with Crippen LogP contribution in [0.25, 0.3) is 0 Å². The van der Waals surface area contributed by atoms with Gasteiger partial charge in [0.1, 0.15) is 11.5 Å². The molecule has 0 saturated carbocycles. The number of benzene rings is 3. The van der Waals surface area contributed by atoms with Crippen LogP contribution in [0.1, 0.15) is 15.9 Å². The van der Waals surface area contributed by atoms with Gasteiger partial charge in [-0.05, 0) is 79.2 Å². The summed E-state index contributed by atoms with van der Waals surface area (Å²) in [7, 11) is 0. The minimum absolute atomic E-state index is 0.222. The van der Waals surface area contributed by atoms with E-state index in [1.807, 2.05) is 19.1 Å². The number of ether oxygens (including phenoxy) is 2. The standard InChI is InChI=1S/C22H17BrClNO4/c1-14-12-19(10-11-20(14)23)28-13-21(26)29-18-8-2-15(3-9-18)22(27)25-17-6-4-16(24)5-7-17/h2-12H,13H2,1H3,(H,25,27). The summed E-state index contributed by atoms with van der Waals surface area (Å²) in [5, 5.41) is 3.36. The van der Waals surface area contributed by atoms with Crippen molar-refractivity contribution in [3.63, 3.8) is 0 Å². The molecule has 0 unspecified atom stereocenters. The Bertz CT molecular complexity index is 1020. The number of hydrogen-bond acceptors (Lipinski definition) is 4. The van der Waals surface area contributed by atoms with Gasteiger partial charge in [-0.2, -0.15) is 0 Å². The minimum Gasteiger partial charge on any atom is -0.482 e. The molecule has 3 aromatic rings. The molecule has 0 radical (unpaired) electrons. The van der Waals surface area contributed by atoms with Gasteiger partial charge < -0.3 is 14.8 Å². The van der Waals surface area contributed by atoms with Crippen molar-refractivity contribution in [2.45, 2.75) is 6.92 Å². The molecular weight excluding hydrogens is 458 g/mol. The molecule has 7 heteroatoms. The first-order chi connectivity index (χ1) is 13.9. The highest BCUT2D eigenvalue weighted by molar-refractivity contribution is 9.10. The summed E-state index contributed by atoms with van der Waals surface area (Å²) in [4.78, 5) is 24.2. The maximum atomic E-state index is 12.3. The fraction of sp³-hybridized carbons (Fsp3) is 0.0909. The summed E-state index contributed by atoms with van der Waals surface area (Å²) >= 11 is 9.24. The molecule has 1 N–H and O–H groups in total. The smallest absolute Gasteiger partial charge is 0.349 e. The van der Waals surface area contributed by atoms with Gasteiger partial charge in [0, 0.05) is 20.7 Å². The Balaban J connectivity index is 1.52. The largest absolute Gasteiger partial charge is 0.482 e. The van der Waals surface area contributed by atoms with Gasteiger partial charge in [-0.25, -0.2) is 4.79 Å². The average Bonchev–Trinajstić information content (AvgIpc) is 2.71. The number of esters is 1. The van der Waals surface area contributed by atoms with Crippen LogP contribution in [0.15, 0.2) is 71.2 Å². The van der Waals surface area contributed by atoms with Crippen LogP contribution in [0.5, 0.6) is 11.5 Å². The van der Waals surface area contributed by atoms with Gasteiger partial charge in [-0.15, -0.1) is 0 Å². The predicted octanol–water partition coefficient (Wildman–Crippen LogP) is 5.65. The molecule has 3 rings (SSSR count). The van der Waals surface area contributed by atoms with Crippen molar-refractivity contribution in [3.05, 3.63) is 87.4 Å². The lowest BCUT2D eigenvalue weighted by Gasteiger charge is -2.09. The van der Waals surface area contributed by atoms with Gasteiger partial charge in [0.25, 0.3) is 5.91 Å². The monoisotopic (exact) mass is 473 g/mol. The van der Waals surface area contributed by atoms with Crippen LogP contribution in [0.2, 0.25) is 5.02 Å². The van der Waals surface area contributed by atoms with E-state index in [9.17, 15) is 9.59 Å². The zero-order chi connectivity index (χ0) is 20.8. The highest BCUT2D eigenvalue weighted by Crippen LogP contribution is 2.22. The Morgan fingerprint density at radius 1 is 0.966 bits per heavy atom. The Kier molecular flexibility index (Phi) is 6.90. The second-order valence-corrected chi connectivity index (χ2v) is 7.45. The van der Waals surface area contributed by atoms with E-state index in [-0.39, 0.29) is 12.5 Å². The van der Waals surface area contributed by atoms with Gasteiger partial charge in [-0.3, -0.25) is 4.79 Å². The number of amides is 1. The molecule has 0 saturated heterocycles. The van der Waals surface area contributed by atoms with E-state index in [1.54, 1.807) is 54.6 Å². The molecule has 0 heterocycles. The second-order valence-electron chi connectivity index (χ2n) is 6.16. The lowest BCUT2D eigenvalue weighted by molar-refractivity contribution is -0.136. The molecule has 148 valence electrons. The highest BCUT2D eigenvalue weighted by Gasteiger charge is 2.10. The van der Waals surface area contributed by atoms with Crippen molar-refractivity contribution >= 4 is 45.1 Å². The molecule has 3 aromatic carbocycles. The molecule has 29 heavy (non-hydrogen) atoms. The number of rotatable bonds is 6. The van der Waals surface area contributed by atoms with Crippen LogP contribution < -0.4 is 14.8 Å². The van der Waals surface area contributed by atoms with Gasteiger partial charge in [0.15, 0.2) is 6.61 Å². The van der Waals surface area contributed by atoms with Crippen LogP contribution in [-0.4, -0.2) is 18.5 Å². The summed E-state index contributed by atoms with van der Waals surface area (Å²) in [5.41, 5.74) is 2.07. The third-order valence-electron chi connectivity index (χ3n) is 3.94. The quantitative estimate of drug-likeness (QED) is 0.370. The Morgan fingerprint density at radius 2 is 1.62 bits per heavy atom. The zero-order valence-electron chi connectivity index (χ0n) is 15.4. The number of nitrogens with one attached hydrogen (secondary N) is 1. The lowest BCUT2D eigenvalue weighted by Crippen LogP contribution is -2.18. The lowest BCUT2D eigenvalue weighted by atomic mass is 10.2. The molecule has 0 aromatic heterocycles. The summed E-state index contributed by atoms with van der Waals surface area (Å²) in [6.45, 7) is 1.71. The Morgan fingerprint density at radius 3 is 2.28 bits per heavy atom. The van der Waals surface area contributed by atoms with E-state index in [2.05, 4.69) is 21.2 Å². The van der Waals surface area contributed by atoms with Gasteiger partial charge in [0.05, 0.1) is 0 Å². The molecular formula is C22H17BrClNO4. The van der Waals surface area contributed by atoms with E-state index in [0.717, 1.165) is 10.0 Å². The summed E-state index contributed by atoms with van der Waals surface area (Å²) in [6.07, 6.45) is 0. The van der Waals surface area contributed by atoms with E-state index in [0.29, 0.717) is 27.8 Å². The van der Waals surface area contributed by atoms with Crippen molar-refractivity contribution in [1.29, 1.82) is 0 Å². The fourth-order valence-corrected chi connectivity index (χ4v) is 2.79. The normalized spacial score (nSPS) is 10.3. The van der Waals surface area contributed by atoms with Crippen LogP contribution >= 0.6 is 27.5 Å². The summed E-state index contributed by atoms with van der Waals surface area (Å²) in [6, 6.07) is 18.5. The zero-order valence-corrected chi connectivity index (χ0v) is 17.8. The maximum absolute atomic E-state index is 12.3. The number of anilines is 1. The third-order valence-corrected chi connectivity index (χ3v) is 5.08. The molecule has 1 amide bonds. The van der Waals surface area contributed by atoms with E-state index in [1.165, 1.54) is 0 Å². The van der Waals surface area contributed by atoms with Crippen LogP contribution in [0.3, 0.4) is 0 Å². The van der Waals surface area contributed by atoms with Crippen LogP contribution in [0, 0.1) is 6.92 Å². The number of carbonyl (C=O) groups excluding carboxylic acids is 2. The van der Waals surface area contributed by atoms with Gasteiger partial charge in [-0.1, -0.05) is 27.5 Å². The van der Waals surface area contributed by atoms with Crippen LogP contribution in [0.4, 0.5) is 5.69 Å². The summed E-state index contributed by atoms with van der Waals surface area (Å²) < 4.78 is 11.6. The van der Waals surface area contributed by atoms with Crippen LogP contribution in [-0.2, 0) is 4.79 Å².